The van der Waals surface area contributed by atoms with Crippen molar-refractivity contribution in [3.63, 3.8) is 0 Å². The second-order valence-corrected chi connectivity index (χ2v) is 11.0. The fourth-order valence-corrected chi connectivity index (χ4v) is 5.91. The summed E-state index contributed by atoms with van der Waals surface area (Å²) in [6.07, 6.45) is 5.47. The lowest BCUT2D eigenvalue weighted by Crippen LogP contribution is -2.57. The maximum atomic E-state index is 15.2. The molecule has 1 amide bonds. The number of carbonyl (C=O) groups is 1. The van der Waals surface area contributed by atoms with Crippen LogP contribution in [-0.2, 0) is 11.8 Å². The fraction of sp³-hybridized carbons (Fsp3) is 0.520. The van der Waals surface area contributed by atoms with Gasteiger partial charge in [0, 0.05) is 31.1 Å². The molecule has 3 aromatic rings. The Kier molecular flexibility index (Phi) is 5.69. The van der Waals surface area contributed by atoms with Gasteiger partial charge in [0.25, 0.3) is 0 Å². The molecule has 0 bridgehead atoms. The molecule has 1 aromatic carbocycles. The maximum absolute atomic E-state index is 15.2. The summed E-state index contributed by atoms with van der Waals surface area (Å²) in [6.45, 7) is 4.04. The van der Waals surface area contributed by atoms with Gasteiger partial charge >= 0.3 is 5.69 Å². The number of benzene rings is 1. The van der Waals surface area contributed by atoms with E-state index < -0.39 is 17.3 Å². The van der Waals surface area contributed by atoms with E-state index in [1.807, 2.05) is 18.7 Å². The van der Waals surface area contributed by atoms with E-state index in [4.69, 9.17) is 0 Å². The summed E-state index contributed by atoms with van der Waals surface area (Å²) in [7, 11) is 1.49. The van der Waals surface area contributed by atoms with E-state index >= 15 is 4.39 Å². The summed E-state index contributed by atoms with van der Waals surface area (Å²) >= 11 is 0. The van der Waals surface area contributed by atoms with E-state index in [1.54, 1.807) is 0 Å². The van der Waals surface area contributed by atoms with Crippen LogP contribution >= 0.6 is 0 Å². The molecule has 38 heavy (non-hydrogen) atoms. The molecule has 0 spiro atoms. The van der Waals surface area contributed by atoms with Gasteiger partial charge < -0.3 is 15.5 Å². The SMILES string of the molecule is Cn1nnn(-c2cc(Nc3ncc(F)c(N[C@@H]4C[C@@H]5CCC(=O)N5C(C)(C)C4)n3)c(F)cc2C2CC2)c1=O. The van der Waals surface area contributed by atoms with Crippen LogP contribution in [0.15, 0.2) is 23.1 Å². The number of aromatic nitrogens is 6. The number of anilines is 3. The van der Waals surface area contributed by atoms with Crippen molar-refractivity contribution >= 4 is 23.4 Å². The van der Waals surface area contributed by atoms with Crippen LogP contribution < -0.4 is 16.3 Å². The first kappa shape index (κ1) is 24.4. The number of aryl methyl sites for hydroxylation is 1. The topological polar surface area (TPSA) is 123 Å². The monoisotopic (exact) mass is 525 g/mol. The van der Waals surface area contributed by atoms with E-state index in [0.717, 1.165) is 34.8 Å². The zero-order valence-electron chi connectivity index (χ0n) is 21.4. The van der Waals surface area contributed by atoms with Crippen molar-refractivity contribution in [3.8, 4) is 5.69 Å². The van der Waals surface area contributed by atoms with Gasteiger partial charge in [0.1, 0.15) is 5.82 Å². The molecule has 1 aliphatic carbocycles. The molecule has 2 aromatic heterocycles. The lowest BCUT2D eigenvalue weighted by atomic mass is 9.84. The van der Waals surface area contributed by atoms with E-state index in [-0.39, 0.29) is 46.9 Å². The van der Waals surface area contributed by atoms with Gasteiger partial charge in [-0.3, -0.25) is 4.79 Å². The maximum Gasteiger partial charge on any atom is 0.368 e. The van der Waals surface area contributed by atoms with Crippen molar-refractivity contribution in [2.24, 2.45) is 7.05 Å². The normalized spacial score (nSPS) is 22.4. The summed E-state index contributed by atoms with van der Waals surface area (Å²) in [5.74, 6) is -0.870. The largest absolute Gasteiger partial charge is 0.368 e. The predicted octanol–water partition coefficient (Wildman–Crippen LogP) is 3.00. The molecule has 0 radical (unpaired) electrons. The highest BCUT2D eigenvalue weighted by Gasteiger charge is 2.46. The first-order valence-electron chi connectivity index (χ1n) is 12.8. The summed E-state index contributed by atoms with van der Waals surface area (Å²) in [4.78, 5) is 35.1. The van der Waals surface area contributed by atoms with Crippen molar-refractivity contribution in [2.45, 2.75) is 75.9 Å². The Morgan fingerprint density at radius 3 is 2.58 bits per heavy atom. The second-order valence-electron chi connectivity index (χ2n) is 11.0. The molecule has 3 aliphatic rings. The Bertz CT molecular complexity index is 1480. The Balaban J connectivity index is 1.27. The predicted molar refractivity (Wildman–Crippen MR) is 134 cm³/mol. The lowest BCUT2D eigenvalue weighted by Gasteiger charge is -2.47. The van der Waals surface area contributed by atoms with Crippen LogP contribution in [0.3, 0.4) is 0 Å². The number of nitrogens with zero attached hydrogens (tertiary/aromatic N) is 7. The van der Waals surface area contributed by atoms with Gasteiger partial charge in [0.15, 0.2) is 11.6 Å². The Morgan fingerprint density at radius 1 is 1.08 bits per heavy atom. The van der Waals surface area contributed by atoms with Gasteiger partial charge in [-0.2, -0.15) is 14.3 Å². The zero-order valence-corrected chi connectivity index (χ0v) is 21.4. The Morgan fingerprint density at radius 2 is 1.87 bits per heavy atom. The number of hydrogen-bond acceptors (Lipinski definition) is 8. The molecule has 4 heterocycles. The first-order chi connectivity index (χ1) is 18.1. The molecule has 13 heteroatoms. The minimum atomic E-state index is -0.630. The molecule has 11 nitrogen and oxygen atoms in total. The highest BCUT2D eigenvalue weighted by Crippen LogP contribution is 2.44. The minimum absolute atomic E-state index is 0.00134. The van der Waals surface area contributed by atoms with Gasteiger partial charge in [0.05, 0.1) is 17.6 Å². The summed E-state index contributed by atoms with van der Waals surface area (Å²) in [5, 5.41) is 13.7. The van der Waals surface area contributed by atoms with Crippen molar-refractivity contribution in [1.29, 1.82) is 0 Å². The third-order valence-electron chi connectivity index (χ3n) is 7.69. The number of carbonyl (C=O) groups excluding carboxylic acids is 1. The Labute approximate surface area is 217 Å². The van der Waals surface area contributed by atoms with E-state index in [1.165, 1.54) is 19.2 Å². The van der Waals surface area contributed by atoms with Crippen molar-refractivity contribution < 1.29 is 13.6 Å². The Hall–Kier alpha value is -3.90. The van der Waals surface area contributed by atoms with Crippen LogP contribution in [0, 0.1) is 11.6 Å². The lowest BCUT2D eigenvalue weighted by molar-refractivity contribution is -0.136. The number of fused-ring (bicyclic) bond motifs is 1. The molecule has 2 atom stereocenters. The third kappa shape index (κ3) is 4.29. The van der Waals surface area contributed by atoms with Crippen LogP contribution in [0.25, 0.3) is 5.69 Å². The minimum Gasteiger partial charge on any atom is -0.365 e. The molecule has 3 fully saturated rings. The average Bonchev–Trinajstić information content (AvgIpc) is 3.56. The molecule has 2 saturated heterocycles. The third-order valence-corrected chi connectivity index (χ3v) is 7.69. The molecule has 0 unspecified atom stereocenters. The van der Waals surface area contributed by atoms with Gasteiger partial charge in [0.2, 0.25) is 11.9 Å². The van der Waals surface area contributed by atoms with E-state index in [0.29, 0.717) is 30.5 Å². The van der Waals surface area contributed by atoms with Crippen LogP contribution in [0.4, 0.5) is 26.2 Å². The van der Waals surface area contributed by atoms with Crippen LogP contribution in [0.5, 0.6) is 0 Å². The molecule has 2 N–H and O–H groups in total. The van der Waals surface area contributed by atoms with Crippen LogP contribution in [0.2, 0.25) is 0 Å². The molecular formula is C25H29F2N9O2. The zero-order chi connectivity index (χ0) is 26.8. The smallest absolute Gasteiger partial charge is 0.365 e. The highest BCUT2D eigenvalue weighted by molar-refractivity contribution is 5.80. The molecule has 1 saturated carbocycles. The van der Waals surface area contributed by atoms with E-state index in [9.17, 15) is 14.0 Å². The van der Waals surface area contributed by atoms with Crippen molar-refractivity contribution in [2.75, 3.05) is 10.6 Å². The number of halogens is 2. The summed E-state index contributed by atoms with van der Waals surface area (Å²) in [6, 6.07) is 2.87. The number of rotatable bonds is 6. The van der Waals surface area contributed by atoms with Crippen LogP contribution in [-0.4, -0.2) is 58.2 Å². The number of hydrogen-bond donors (Lipinski definition) is 2. The number of amides is 1. The van der Waals surface area contributed by atoms with Gasteiger partial charge in [-0.05, 0) is 80.0 Å². The fourth-order valence-electron chi connectivity index (χ4n) is 5.91. The van der Waals surface area contributed by atoms with Crippen molar-refractivity contribution in [3.05, 3.63) is 46.0 Å². The van der Waals surface area contributed by atoms with Crippen LogP contribution in [0.1, 0.15) is 63.9 Å². The number of nitrogens with one attached hydrogen (secondary N) is 2. The number of piperidine rings is 1. The quantitative estimate of drug-likeness (QED) is 0.504. The average molecular weight is 526 g/mol. The molecule has 6 rings (SSSR count). The molecule has 200 valence electrons. The summed E-state index contributed by atoms with van der Waals surface area (Å²) < 4.78 is 32.1. The molecular weight excluding hydrogens is 496 g/mol. The highest BCUT2D eigenvalue weighted by atomic mass is 19.1. The molecule has 2 aliphatic heterocycles. The summed E-state index contributed by atoms with van der Waals surface area (Å²) in [5.41, 5.74) is 0.317. The first-order valence-corrected chi connectivity index (χ1v) is 12.8. The van der Waals surface area contributed by atoms with E-state index in [2.05, 4.69) is 31.0 Å². The van der Waals surface area contributed by atoms with Gasteiger partial charge in [-0.25, -0.2) is 18.6 Å². The van der Waals surface area contributed by atoms with Gasteiger partial charge in [-0.15, -0.1) is 0 Å². The van der Waals surface area contributed by atoms with Gasteiger partial charge in [-0.1, -0.05) is 0 Å². The van der Waals surface area contributed by atoms with Crippen molar-refractivity contribution in [1.82, 2.24) is 34.7 Å². The standard InChI is InChI=1S/C25H29F2N9O2/c1-25(2)11-14(8-15-6-7-21(37)35(15)25)29-22-18(27)12-28-23(31-22)30-19-10-20(36-24(38)34(3)32-33-36)16(9-17(19)26)13-4-5-13/h9-10,12-15H,4-8,11H2,1-3H3,(H2,28,29,30,31)/t14-,15+/m1/s1. The number of tetrazole rings is 1. The second kappa shape index (κ2) is 8.84.